The number of hydrogen-bond acceptors (Lipinski definition) is 2. The Kier molecular flexibility index (Phi) is 8.33. The summed E-state index contributed by atoms with van der Waals surface area (Å²) >= 11 is 1.87. The van der Waals surface area contributed by atoms with Crippen LogP contribution in [-0.2, 0) is 5.41 Å². The van der Waals surface area contributed by atoms with E-state index in [4.69, 9.17) is 0 Å². The Hall–Kier alpha value is -7.52. The van der Waals surface area contributed by atoms with Gasteiger partial charge >= 0.3 is 0 Å². The van der Waals surface area contributed by atoms with E-state index < -0.39 is 5.41 Å². The van der Waals surface area contributed by atoms with Gasteiger partial charge in [-0.05, 0) is 109 Å². The summed E-state index contributed by atoms with van der Waals surface area (Å²) in [6.45, 7) is 0. The van der Waals surface area contributed by atoms with Crippen molar-refractivity contribution in [2.24, 2.45) is 0 Å². The van der Waals surface area contributed by atoms with Crippen LogP contribution in [0.1, 0.15) is 22.3 Å². The molecule has 0 saturated heterocycles. The standard InChI is InChI=1S/C59H39NS/c1-3-18-46(19-4-1)59(47-20-5-2-6-21-47)53-25-11-9-24-52(53)58-54(59)26-14-27-55(58)60(49-22-13-17-43(38-49)44-30-29-40-15-7-8-16-42(40)37-44)48-34-31-41(32-35-48)45-33-36-51-50-23-10-12-28-56(50)61-57(51)39-45/h1-39H. The molecule has 12 rings (SSSR count). The van der Waals surface area contributed by atoms with Gasteiger partial charge in [-0.3, -0.25) is 0 Å². The summed E-state index contributed by atoms with van der Waals surface area (Å²) in [5, 5.41) is 5.13. The summed E-state index contributed by atoms with van der Waals surface area (Å²) in [6, 6.07) is 87.4. The van der Waals surface area contributed by atoms with Gasteiger partial charge in [-0.15, -0.1) is 11.3 Å². The summed E-state index contributed by atoms with van der Waals surface area (Å²) in [4.78, 5) is 2.48. The van der Waals surface area contributed by atoms with Crippen molar-refractivity contribution in [2.45, 2.75) is 5.41 Å². The molecule has 0 N–H and O–H groups in total. The highest BCUT2D eigenvalue weighted by molar-refractivity contribution is 7.25. The topological polar surface area (TPSA) is 3.24 Å². The van der Waals surface area contributed by atoms with Gasteiger partial charge in [-0.25, -0.2) is 0 Å². The Morgan fingerprint density at radius 1 is 0.344 bits per heavy atom. The average molecular weight is 794 g/mol. The van der Waals surface area contributed by atoms with E-state index in [1.807, 2.05) is 11.3 Å². The molecule has 11 aromatic rings. The normalized spacial score (nSPS) is 12.7. The lowest BCUT2D eigenvalue weighted by Gasteiger charge is -2.34. The second-order valence-electron chi connectivity index (χ2n) is 16.0. The van der Waals surface area contributed by atoms with Crippen LogP contribution in [0, 0.1) is 0 Å². The van der Waals surface area contributed by atoms with E-state index in [0.29, 0.717) is 0 Å². The molecule has 1 nitrogen and oxygen atoms in total. The Bertz CT molecular complexity index is 3380. The SMILES string of the molecule is c1ccc(C2(c3ccccc3)c3ccccc3-c3c(N(c4ccc(-c5ccc6c(c5)sc5ccccc56)cc4)c4cccc(-c5ccc6ccccc6c5)c4)cccc32)cc1. The highest BCUT2D eigenvalue weighted by Gasteiger charge is 2.47. The Labute approximate surface area is 360 Å². The quantitative estimate of drug-likeness (QED) is 0.155. The molecule has 0 bridgehead atoms. The average Bonchev–Trinajstić information content (AvgIpc) is 3.86. The van der Waals surface area contributed by atoms with E-state index in [2.05, 4.69) is 241 Å². The summed E-state index contributed by atoms with van der Waals surface area (Å²) in [7, 11) is 0. The minimum atomic E-state index is -0.502. The van der Waals surface area contributed by atoms with Crippen molar-refractivity contribution in [3.63, 3.8) is 0 Å². The first-order valence-electron chi connectivity index (χ1n) is 21.0. The molecule has 0 aliphatic heterocycles. The first kappa shape index (κ1) is 35.4. The van der Waals surface area contributed by atoms with E-state index in [9.17, 15) is 0 Å². The fourth-order valence-electron chi connectivity index (χ4n) is 9.99. The maximum absolute atomic E-state index is 2.48. The highest BCUT2D eigenvalue weighted by atomic mass is 32.1. The zero-order valence-electron chi connectivity index (χ0n) is 33.4. The van der Waals surface area contributed by atoms with Crippen LogP contribution in [0.4, 0.5) is 17.1 Å². The summed E-state index contributed by atoms with van der Waals surface area (Å²) in [5.74, 6) is 0. The first-order chi connectivity index (χ1) is 30.2. The predicted octanol–water partition coefficient (Wildman–Crippen LogP) is 16.4. The minimum absolute atomic E-state index is 0.502. The van der Waals surface area contributed by atoms with E-state index in [1.165, 1.54) is 86.6 Å². The molecule has 286 valence electrons. The van der Waals surface area contributed by atoms with Crippen molar-refractivity contribution in [2.75, 3.05) is 4.90 Å². The molecule has 61 heavy (non-hydrogen) atoms. The molecule has 0 saturated carbocycles. The van der Waals surface area contributed by atoms with Crippen LogP contribution < -0.4 is 4.90 Å². The van der Waals surface area contributed by atoms with Gasteiger partial charge in [0.2, 0.25) is 0 Å². The molecule has 0 unspecified atom stereocenters. The van der Waals surface area contributed by atoms with Crippen molar-refractivity contribution < 1.29 is 0 Å². The van der Waals surface area contributed by atoms with Gasteiger partial charge in [0, 0.05) is 37.1 Å². The summed E-state index contributed by atoms with van der Waals surface area (Å²) in [6.07, 6.45) is 0. The first-order valence-corrected chi connectivity index (χ1v) is 21.8. The maximum Gasteiger partial charge on any atom is 0.0714 e. The largest absolute Gasteiger partial charge is 0.310 e. The summed E-state index contributed by atoms with van der Waals surface area (Å²) < 4.78 is 2.64. The van der Waals surface area contributed by atoms with Crippen LogP contribution in [0.15, 0.2) is 237 Å². The molecule has 0 fully saturated rings. The second kappa shape index (κ2) is 14.3. The number of benzene rings is 10. The zero-order valence-corrected chi connectivity index (χ0v) is 34.2. The second-order valence-corrected chi connectivity index (χ2v) is 17.1. The molecule has 2 heteroatoms. The van der Waals surface area contributed by atoms with E-state index >= 15 is 0 Å². The number of hydrogen-bond donors (Lipinski definition) is 0. The van der Waals surface area contributed by atoms with Crippen LogP contribution in [0.3, 0.4) is 0 Å². The van der Waals surface area contributed by atoms with E-state index in [0.717, 1.165) is 17.1 Å². The molecule has 1 heterocycles. The minimum Gasteiger partial charge on any atom is -0.310 e. The van der Waals surface area contributed by atoms with Gasteiger partial charge in [0.25, 0.3) is 0 Å². The van der Waals surface area contributed by atoms with Gasteiger partial charge in [-0.2, -0.15) is 0 Å². The molecule has 0 atom stereocenters. The van der Waals surface area contributed by atoms with Crippen LogP contribution in [0.5, 0.6) is 0 Å². The van der Waals surface area contributed by atoms with Gasteiger partial charge in [-0.1, -0.05) is 188 Å². The van der Waals surface area contributed by atoms with Gasteiger partial charge in [0.15, 0.2) is 0 Å². The molecule has 0 amide bonds. The zero-order chi connectivity index (χ0) is 40.3. The van der Waals surface area contributed by atoms with Crippen molar-refractivity contribution in [3.05, 3.63) is 259 Å². The van der Waals surface area contributed by atoms with Crippen LogP contribution in [0.2, 0.25) is 0 Å². The molecule has 1 aliphatic carbocycles. The van der Waals surface area contributed by atoms with Crippen molar-refractivity contribution >= 4 is 59.3 Å². The fraction of sp³-hybridized carbons (Fsp3) is 0.0169. The number of nitrogens with zero attached hydrogens (tertiary/aromatic N) is 1. The smallest absolute Gasteiger partial charge is 0.0714 e. The van der Waals surface area contributed by atoms with Gasteiger partial charge < -0.3 is 4.90 Å². The van der Waals surface area contributed by atoms with E-state index in [-0.39, 0.29) is 0 Å². The molecule has 0 spiro atoms. The van der Waals surface area contributed by atoms with Crippen molar-refractivity contribution in [3.8, 4) is 33.4 Å². The number of fused-ring (bicyclic) bond motifs is 7. The lowest BCUT2D eigenvalue weighted by atomic mass is 9.68. The molecule has 1 aromatic heterocycles. The van der Waals surface area contributed by atoms with Crippen LogP contribution in [-0.4, -0.2) is 0 Å². The van der Waals surface area contributed by atoms with E-state index in [1.54, 1.807) is 0 Å². The predicted molar refractivity (Wildman–Crippen MR) is 260 cm³/mol. The highest BCUT2D eigenvalue weighted by Crippen LogP contribution is 2.59. The monoisotopic (exact) mass is 793 g/mol. The Morgan fingerprint density at radius 3 is 1.77 bits per heavy atom. The van der Waals surface area contributed by atoms with Crippen LogP contribution in [0.25, 0.3) is 64.3 Å². The lowest BCUT2D eigenvalue weighted by molar-refractivity contribution is 0.768. The third-order valence-electron chi connectivity index (χ3n) is 12.7. The summed E-state index contributed by atoms with van der Waals surface area (Å²) in [5.41, 5.74) is 15.3. The molecule has 1 aliphatic rings. The number of anilines is 3. The van der Waals surface area contributed by atoms with Crippen molar-refractivity contribution in [1.82, 2.24) is 0 Å². The molecule has 0 radical (unpaired) electrons. The molecular formula is C59H39NS. The maximum atomic E-state index is 2.48. The number of thiophene rings is 1. The van der Waals surface area contributed by atoms with Crippen molar-refractivity contribution in [1.29, 1.82) is 0 Å². The third-order valence-corrected chi connectivity index (χ3v) is 13.9. The third kappa shape index (κ3) is 5.68. The van der Waals surface area contributed by atoms with Gasteiger partial charge in [0.05, 0.1) is 11.1 Å². The Morgan fingerprint density at radius 2 is 0.951 bits per heavy atom. The van der Waals surface area contributed by atoms with Crippen LogP contribution >= 0.6 is 11.3 Å². The molecule has 10 aromatic carbocycles. The van der Waals surface area contributed by atoms with Gasteiger partial charge in [0.1, 0.15) is 0 Å². The lowest BCUT2D eigenvalue weighted by Crippen LogP contribution is -2.28. The Balaban J connectivity index is 1.07. The number of rotatable bonds is 7. The molecular weight excluding hydrogens is 755 g/mol. The fourth-order valence-corrected chi connectivity index (χ4v) is 11.1.